The molecule has 0 spiro atoms. The number of carbonyl (C=O) groups is 1. The molecule has 1 N–H and O–H groups in total. The second-order valence-corrected chi connectivity index (χ2v) is 10.1. The average molecular weight is 538 g/mol. The Bertz CT molecular complexity index is 1560. The fourth-order valence-corrected chi connectivity index (χ4v) is 5.68. The maximum Gasteiger partial charge on any atom is 0.271 e. The highest BCUT2D eigenvalue weighted by atomic mass is 32.1. The summed E-state index contributed by atoms with van der Waals surface area (Å²) in [5.41, 5.74) is 0.505. The molecule has 4 aromatic rings. The monoisotopic (exact) mass is 537 g/mol. The van der Waals surface area contributed by atoms with E-state index in [-0.39, 0.29) is 24.6 Å². The first-order chi connectivity index (χ1) is 18.3. The van der Waals surface area contributed by atoms with E-state index in [9.17, 15) is 23.5 Å². The maximum absolute atomic E-state index is 14.3. The summed E-state index contributed by atoms with van der Waals surface area (Å²) in [5.74, 6) is -3.25. The van der Waals surface area contributed by atoms with Gasteiger partial charge in [-0.3, -0.25) is 19.1 Å². The summed E-state index contributed by atoms with van der Waals surface area (Å²) in [4.78, 5) is 41.6. The van der Waals surface area contributed by atoms with Crippen molar-refractivity contribution < 1.29 is 18.7 Å². The third kappa shape index (κ3) is 4.69. The summed E-state index contributed by atoms with van der Waals surface area (Å²) >= 11 is 1.29. The fraction of sp³-hybridized carbons (Fsp3) is 0.296. The summed E-state index contributed by atoms with van der Waals surface area (Å²) in [5, 5.41) is 13.1. The zero-order chi connectivity index (χ0) is 27.0. The molecule has 196 valence electrons. The van der Waals surface area contributed by atoms with Crippen molar-refractivity contribution in [1.82, 2.24) is 24.4 Å². The number of nitrogens with zero attached hydrogens (tertiary/aromatic N) is 5. The molecular weight excluding hydrogens is 512 g/mol. The predicted molar refractivity (Wildman–Crippen MR) is 138 cm³/mol. The topological polar surface area (TPSA) is 101 Å². The molecule has 1 amide bonds. The molecule has 2 unspecified atom stereocenters. The Hall–Kier alpha value is -3.99. The third-order valence-corrected chi connectivity index (χ3v) is 7.66. The van der Waals surface area contributed by atoms with Gasteiger partial charge in [0.15, 0.2) is 16.4 Å². The van der Waals surface area contributed by atoms with Crippen LogP contribution in [0.15, 0.2) is 52.8 Å². The van der Waals surface area contributed by atoms with Gasteiger partial charge in [0.1, 0.15) is 11.6 Å². The van der Waals surface area contributed by atoms with Crippen LogP contribution in [0.25, 0.3) is 10.8 Å². The van der Waals surface area contributed by atoms with Crippen molar-refractivity contribution in [3.05, 3.63) is 92.5 Å². The normalized spacial score (nSPS) is 16.1. The van der Waals surface area contributed by atoms with Gasteiger partial charge in [-0.15, -0.1) is 11.3 Å². The third-order valence-electron chi connectivity index (χ3n) is 6.70. The van der Waals surface area contributed by atoms with E-state index >= 15 is 0 Å². The van der Waals surface area contributed by atoms with Crippen LogP contribution >= 0.6 is 11.3 Å². The molecule has 0 aliphatic carbocycles. The first-order valence-electron chi connectivity index (χ1n) is 12.2. The van der Waals surface area contributed by atoms with Gasteiger partial charge in [0.25, 0.3) is 11.5 Å². The molecule has 1 aliphatic rings. The number of aromatic hydroxyl groups is 1. The van der Waals surface area contributed by atoms with Gasteiger partial charge in [0, 0.05) is 36.1 Å². The van der Waals surface area contributed by atoms with E-state index < -0.39 is 46.5 Å². The van der Waals surface area contributed by atoms with Gasteiger partial charge in [0.05, 0.1) is 17.9 Å². The lowest BCUT2D eigenvalue weighted by Crippen LogP contribution is -2.38. The van der Waals surface area contributed by atoms with Crippen LogP contribution in [0.2, 0.25) is 0 Å². The van der Waals surface area contributed by atoms with Crippen LogP contribution in [0.5, 0.6) is 5.88 Å². The van der Waals surface area contributed by atoms with Crippen LogP contribution < -0.4 is 5.56 Å². The Morgan fingerprint density at radius 2 is 2.00 bits per heavy atom. The summed E-state index contributed by atoms with van der Waals surface area (Å²) in [7, 11) is 0. The summed E-state index contributed by atoms with van der Waals surface area (Å²) < 4.78 is 29.1. The lowest BCUT2D eigenvalue weighted by atomic mass is 10.0. The molecule has 1 aromatic carbocycles. The summed E-state index contributed by atoms with van der Waals surface area (Å²) in [6.07, 6.45) is 1.83. The minimum atomic E-state index is -0.784. The minimum Gasteiger partial charge on any atom is -0.493 e. The van der Waals surface area contributed by atoms with E-state index in [1.54, 1.807) is 0 Å². The number of aryl methyl sites for hydroxylation is 1. The highest BCUT2D eigenvalue weighted by Gasteiger charge is 2.35. The van der Waals surface area contributed by atoms with Crippen molar-refractivity contribution in [2.24, 2.45) is 0 Å². The van der Waals surface area contributed by atoms with Gasteiger partial charge in [0.2, 0.25) is 5.88 Å². The number of thiazole rings is 1. The smallest absolute Gasteiger partial charge is 0.271 e. The molecule has 1 saturated heterocycles. The van der Waals surface area contributed by atoms with E-state index in [0.717, 1.165) is 23.5 Å². The Kier molecular flexibility index (Phi) is 7.02. The predicted octanol–water partition coefficient (Wildman–Crippen LogP) is 4.68. The SMILES string of the molecule is CCC(c1ccccc1)n1c(-c2nc(C)cs2)nc(O)c(C(=O)N2CCC(c3ncc(F)cc3F)C2)c1=O. The van der Waals surface area contributed by atoms with E-state index in [2.05, 4.69) is 15.0 Å². The second-order valence-electron chi connectivity index (χ2n) is 9.20. The molecule has 5 rings (SSSR count). The van der Waals surface area contributed by atoms with E-state index in [4.69, 9.17) is 0 Å². The number of benzene rings is 1. The Morgan fingerprint density at radius 1 is 1.24 bits per heavy atom. The van der Waals surface area contributed by atoms with Gasteiger partial charge in [-0.25, -0.2) is 13.8 Å². The first kappa shape index (κ1) is 25.7. The van der Waals surface area contributed by atoms with Gasteiger partial charge >= 0.3 is 0 Å². The number of rotatable bonds is 6. The molecule has 11 heteroatoms. The molecular formula is C27H25F2N5O3S. The fourth-order valence-electron chi connectivity index (χ4n) is 4.90. The van der Waals surface area contributed by atoms with E-state index in [1.165, 1.54) is 20.8 Å². The molecule has 8 nitrogen and oxygen atoms in total. The average Bonchev–Trinajstić information content (AvgIpc) is 3.56. The summed E-state index contributed by atoms with van der Waals surface area (Å²) in [6, 6.07) is 9.67. The molecule has 1 fully saturated rings. The van der Waals surface area contributed by atoms with Crippen LogP contribution in [0.3, 0.4) is 0 Å². The van der Waals surface area contributed by atoms with Gasteiger partial charge in [-0.2, -0.15) is 4.98 Å². The highest BCUT2D eigenvalue weighted by molar-refractivity contribution is 7.13. The van der Waals surface area contributed by atoms with Crippen molar-refractivity contribution in [2.45, 2.75) is 38.6 Å². The standard InChI is InChI=1S/C27H25F2N5O3S/c1-3-20(16-7-5-4-6-8-16)34-23(25-31-15(2)14-38-25)32-24(35)21(27(34)37)26(36)33-10-9-17(13-33)22-19(29)11-18(28)12-30-22/h4-8,11-12,14,17,20,35H,3,9-10,13H2,1-2H3. The van der Waals surface area contributed by atoms with E-state index in [1.807, 2.05) is 49.6 Å². The van der Waals surface area contributed by atoms with Gasteiger partial charge in [-0.05, 0) is 25.3 Å². The molecule has 1 aliphatic heterocycles. The largest absolute Gasteiger partial charge is 0.493 e. The van der Waals surface area contributed by atoms with Gasteiger partial charge < -0.3 is 10.0 Å². The Balaban J connectivity index is 1.57. The first-order valence-corrected chi connectivity index (χ1v) is 13.1. The Morgan fingerprint density at radius 3 is 2.66 bits per heavy atom. The van der Waals surface area contributed by atoms with Crippen molar-refractivity contribution in [3.8, 4) is 16.7 Å². The van der Waals surface area contributed by atoms with Crippen LogP contribution in [-0.4, -0.2) is 48.5 Å². The lowest BCUT2D eigenvalue weighted by Gasteiger charge is -2.23. The Labute approximate surface area is 221 Å². The molecule has 38 heavy (non-hydrogen) atoms. The molecule has 0 saturated carbocycles. The molecule has 0 bridgehead atoms. The number of hydrogen-bond acceptors (Lipinski definition) is 7. The van der Waals surface area contributed by atoms with Crippen molar-refractivity contribution in [2.75, 3.05) is 13.1 Å². The zero-order valence-corrected chi connectivity index (χ0v) is 21.6. The number of halogens is 2. The molecule has 3 aromatic heterocycles. The number of amides is 1. The summed E-state index contributed by atoms with van der Waals surface area (Å²) in [6.45, 7) is 4.02. The number of pyridine rings is 1. The quantitative estimate of drug-likeness (QED) is 0.383. The van der Waals surface area contributed by atoms with Crippen molar-refractivity contribution in [1.29, 1.82) is 0 Å². The van der Waals surface area contributed by atoms with Crippen LogP contribution in [0.4, 0.5) is 8.78 Å². The lowest BCUT2D eigenvalue weighted by molar-refractivity contribution is 0.0783. The second kappa shape index (κ2) is 10.4. The number of hydrogen-bond donors (Lipinski definition) is 1. The van der Waals surface area contributed by atoms with Crippen molar-refractivity contribution in [3.63, 3.8) is 0 Å². The molecule has 4 heterocycles. The zero-order valence-electron chi connectivity index (χ0n) is 20.8. The number of carbonyl (C=O) groups excluding carboxylic acids is 1. The number of aromatic nitrogens is 4. The van der Waals surface area contributed by atoms with Gasteiger partial charge in [-0.1, -0.05) is 37.3 Å². The van der Waals surface area contributed by atoms with Crippen LogP contribution in [0, 0.1) is 18.6 Å². The molecule has 2 atom stereocenters. The number of likely N-dealkylation sites (tertiary alicyclic amines) is 1. The minimum absolute atomic E-state index is 0.0612. The molecule has 0 radical (unpaired) electrons. The van der Waals surface area contributed by atoms with Crippen LogP contribution in [-0.2, 0) is 0 Å². The van der Waals surface area contributed by atoms with E-state index in [0.29, 0.717) is 17.8 Å². The highest BCUT2D eigenvalue weighted by Crippen LogP contribution is 2.32. The van der Waals surface area contributed by atoms with Crippen molar-refractivity contribution >= 4 is 17.2 Å². The van der Waals surface area contributed by atoms with Crippen LogP contribution in [0.1, 0.15) is 59.0 Å². The maximum atomic E-state index is 14.3.